The number of fused-ring (bicyclic) bond motifs is 1. The highest BCUT2D eigenvalue weighted by atomic mass is 16.5. The first kappa shape index (κ1) is 20.3. The average molecular weight is 430 g/mol. The van der Waals surface area contributed by atoms with Crippen LogP contribution in [0.4, 0.5) is 11.6 Å². The van der Waals surface area contributed by atoms with Gasteiger partial charge >= 0.3 is 0 Å². The molecular weight excluding hydrogens is 402 g/mol. The third-order valence-electron chi connectivity index (χ3n) is 5.86. The lowest BCUT2D eigenvalue weighted by molar-refractivity contribution is 0.180. The van der Waals surface area contributed by atoms with Gasteiger partial charge in [0.2, 0.25) is 5.95 Å². The van der Waals surface area contributed by atoms with Crippen molar-refractivity contribution in [3.8, 4) is 22.8 Å². The Morgan fingerprint density at radius 2 is 2.03 bits per heavy atom. The van der Waals surface area contributed by atoms with Crippen molar-refractivity contribution in [1.29, 1.82) is 0 Å². The molecule has 2 unspecified atom stereocenters. The Bertz CT molecular complexity index is 1220. The molecule has 1 aliphatic rings. The fraction of sp³-hybridized carbons (Fsp3) is 0.280. The van der Waals surface area contributed by atoms with Gasteiger partial charge in [0.1, 0.15) is 17.6 Å². The molecule has 0 radical (unpaired) electrons. The summed E-state index contributed by atoms with van der Waals surface area (Å²) in [5.74, 6) is 2.14. The van der Waals surface area contributed by atoms with Gasteiger partial charge in [-0.05, 0) is 62.7 Å². The van der Waals surface area contributed by atoms with E-state index in [4.69, 9.17) is 14.6 Å². The van der Waals surface area contributed by atoms with E-state index >= 15 is 0 Å². The number of benzene rings is 2. The molecule has 1 aliphatic heterocycles. The molecule has 7 heteroatoms. The van der Waals surface area contributed by atoms with Crippen molar-refractivity contribution in [3.63, 3.8) is 0 Å². The lowest BCUT2D eigenvalue weighted by Crippen LogP contribution is -2.36. The largest absolute Gasteiger partial charge is 0.496 e. The van der Waals surface area contributed by atoms with E-state index in [0.717, 1.165) is 46.9 Å². The number of nitrogens with one attached hydrogen (secondary N) is 2. The van der Waals surface area contributed by atoms with Crippen LogP contribution in [0.1, 0.15) is 19.8 Å². The van der Waals surface area contributed by atoms with E-state index in [0.29, 0.717) is 12.0 Å². The van der Waals surface area contributed by atoms with Crippen LogP contribution in [0.25, 0.3) is 16.8 Å². The zero-order valence-corrected chi connectivity index (χ0v) is 18.3. The molecule has 5 rings (SSSR count). The summed E-state index contributed by atoms with van der Waals surface area (Å²) in [7, 11) is 1.68. The summed E-state index contributed by atoms with van der Waals surface area (Å²) in [5.41, 5.74) is 3.70. The maximum atomic E-state index is 6.17. The summed E-state index contributed by atoms with van der Waals surface area (Å²) in [6.45, 7) is 3.18. The van der Waals surface area contributed by atoms with Crippen molar-refractivity contribution in [2.75, 3.05) is 19.0 Å². The molecule has 32 heavy (non-hydrogen) atoms. The second-order valence-electron chi connectivity index (χ2n) is 8.02. The minimum atomic E-state index is 0.114. The molecule has 2 atom stereocenters. The zero-order chi connectivity index (χ0) is 21.9. The fourth-order valence-corrected chi connectivity index (χ4v) is 4.20. The van der Waals surface area contributed by atoms with Crippen molar-refractivity contribution >= 4 is 17.2 Å². The molecule has 3 heterocycles. The summed E-state index contributed by atoms with van der Waals surface area (Å²) in [4.78, 5) is 4.48. The molecule has 4 aromatic rings. The van der Waals surface area contributed by atoms with Crippen LogP contribution in [-0.2, 0) is 0 Å². The van der Waals surface area contributed by atoms with Gasteiger partial charge in [-0.15, -0.1) is 5.10 Å². The molecule has 164 valence electrons. The van der Waals surface area contributed by atoms with Crippen LogP contribution in [-0.4, -0.2) is 40.4 Å². The number of hydrogen-bond donors (Lipinski definition) is 2. The van der Waals surface area contributed by atoms with Crippen LogP contribution in [0.3, 0.4) is 0 Å². The lowest BCUT2D eigenvalue weighted by atomic mass is 10.1. The topological polar surface area (TPSA) is 72.7 Å². The molecule has 7 nitrogen and oxygen atoms in total. The Morgan fingerprint density at radius 3 is 2.88 bits per heavy atom. The van der Waals surface area contributed by atoms with Crippen LogP contribution in [0, 0.1) is 0 Å². The molecular formula is C25H27N5O2. The summed E-state index contributed by atoms with van der Waals surface area (Å²) < 4.78 is 13.6. The minimum Gasteiger partial charge on any atom is -0.496 e. The Balaban J connectivity index is 1.39. The van der Waals surface area contributed by atoms with Gasteiger partial charge in [-0.2, -0.15) is 0 Å². The maximum Gasteiger partial charge on any atom is 0.245 e. The van der Waals surface area contributed by atoms with E-state index in [2.05, 4.69) is 22.5 Å². The first-order chi connectivity index (χ1) is 15.7. The van der Waals surface area contributed by atoms with Crippen molar-refractivity contribution < 1.29 is 9.47 Å². The zero-order valence-electron chi connectivity index (χ0n) is 18.3. The van der Waals surface area contributed by atoms with Crippen molar-refractivity contribution in [2.45, 2.75) is 31.9 Å². The van der Waals surface area contributed by atoms with E-state index in [9.17, 15) is 0 Å². The van der Waals surface area contributed by atoms with Crippen molar-refractivity contribution in [1.82, 2.24) is 19.9 Å². The summed E-state index contributed by atoms with van der Waals surface area (Å²) in [6.07, 6.45) is 4.28. The van der Waals surface area contributed by atoms with E-state index in [-0.39, 0.29) is 6.10 Å². The quantitative estimate of drug-likeness (QED) is 0.445. The third-order valence-corrected chi connectivity index (χ3v) is 5.86. The van der Waals surface area contributed by atoms with Gasteiger partial charge in [0, 0.05) is 23.4 Å². The number of hydrogen-bond acceptors (Lipinski definition) is 6. The Labute approximate surface area is 187 Å². The second-order valence-corrected chi connectivity index (χ2v) is 8.02. The average Bonchev–Trinajstić information content (AvgIpc) is 3.49. The van der Waals surface area contributed by atoms with E-state index in [1.165, 1.54) is 6.42 Å². The van der Waals surface area contributed by atoms with E-state index in [1.54, 1.807) is 7.11 Å². The predicted octanol–water partition coefficient (Wildman–Crippen LogP) is 4.67. The summed E-state index contributed by atoms with van der Waals surface area (Å²) in [5, 5.41) is 11.5. The highest BCUT2D eigenvalue weighted by Gasteiger charge is 2.22. The smallest absolute Gasteiger partial charge is 0.245 e. The highest BCUT2D eigenvalue weighted by molar-refractivity contribution is 5.72. The molecule has 0 bridgehead atoms. The van der Waals surface area contributed by atoms with Crippen LogP contribution in [0.2, 0.25) is 0 Å². The first-order valence-electron chi connectivity index (χ1n) is 11.0. The summed E-state index contributed by atoms with van der Waals surface area (Å²) >= 11 is 0. The van der Waals surface area contributed by atoms with Crippen LogP contribution >= 0.6 is 0 Å². The molecule has 0 spiro atoms. The maximum absolute atomic E-state index is 6.17. The van der Waals surface area contributed by atoms with Gasteiger partial charge in [-0.1, -0.05) is 18.2 Å². The molecule has 2 N–H and O–H groups in total. The number of nitrogens with zero attached hydrogens (tertiary/aromatic N) is 3. The third kappa shape index (κ3) is 4.11. The fourth-order valence-electron chi connectivity index (χ4n) is 4.20. The second kappa shape index (κ2) is 8.88. The molecule has 0 aliphatic carbocycles. The normalized spacial score (nSPS) is 16.8. The van der Waals surface area contributed by atoms with Crippen molar-refractivity contribution in [2.24, 2.45) is 0 Å². The molecule has 1 saturated heterocycles. The minimum absolute atomic E-state index is 0.114. The Kier molecular flexibility index (Phi) is 5.64. The standard InChI is InChI=1S/C25H27N5O2/c1-17(22-10-6-14-26-22)32-20-8-5-7-18(15-20)28-25-27-16-19-12-13-23(30(19)29-25)21-9-3-4-11-24(21)31-2/h3-5,7-9,11-13,15-17,22,26H,6,10,14H2,1-2H3,(H,28,29). The Morgan fingerprint density at radius 1 is 1.12 bits per heavy atom. The van der Waals surface area contributed by atoms with E-state index in [1.807, 2.05) is 71.4 Å². The van der Waals surface area contributed by atoms with Gasteiger partial charge in [-0.3, -0.25) is 0 Å². The number of rotatable bonds is 7. The number of methoxy groups -OCH3 is 1. The lowest BCUT2D eigenvalue weighted by Gasteiger charge is -2.21. The first-order valence-corrected chi connectivity index (χ1v) is 11.0. The van der Waals surface area contributed by atoms with Gasteiger partial charge in [0.15, 0.2) is 0 Å². The van der Waals surface area contributed by atoms with E-state index < -0.39 is 0 Å². The number of aromatic nitrogens is 3. The van der Waals surface area contributed by atoms with Crippen molar-refractivity contribution in [3.05, 3.63) is 66.9 Å². The van der Waals surface area contributed by atoms with Gasteiger partial charge in [-0.25, -0.2) is 9.50 Å². The molecule has 1 fully saturated rings. The van der Waals surface area contributed by atoms with Gasteiger partial charge in [0.05, 0.1) is 24.5 Å². The molecule has 0 saturated carbocycles. The summed E-state index contributed by atoms with van der Waals surface area (Å²) in [6, 6.07) is 20.3. The number of para-hydroxylation sites is 1. The van der Waals surface area contributed by atoms with Crippen LogP contribution in [0.15, 0.2) is 66.9 Å². The monoisotopic (exact) mass is 429 g/mol. The van der Waals surface area contributed by atoms with Crippen LogP contribution < -0.4 is 20.1 Å². The molecule has 2 aromatic heterocycles. The number of anilines is 2. The predicted molar refractivity (Wildman–Crippen MR) is 126 cm³/mol. The molecule has 2 aromatic carbocycles. The number of ether oxygens (including phenoxy) is 2. The highest BCUT2D eigenvalue weighted by Crippen LogP contribution is 2.31. The van der Waals surface area contributed by atoms with Gasteiger partial charge < -0.3 is 20.1 Å². The van der Waals surface area contributed by atoms with Crippen LogP contribution in [0.5, 0.6) is 11.5 Å². The Hall–Kier alpha value is -3.58. The molecule has 0 amide bonds. The SMILES string of the molecule is COc1ccccc1-c1ccc2cnc(Nc3cccc(OC(C)C4CCCN4)c3)nn12. The van der Waals surface area contributed by atoms with Gasteiger partial charge in [0.25, 0.3) is 0 Å².